The molecular formula is C10H14N2O. The molecule has 0 aromatic carbocycles. The number of aromatic nitrogens is 2. The SMILES string of the molecule is Cc1noc(C2CC2C2CCC2)n1. The Balaban J connectivity index is 1.69. The predicted octanol–water partition coefficient (Wildman–Crippen LogP) is 2.28. The fraction of sp³-hybridized carbons (Fsp3) is 0.800. The van der Waals surface area contributed by atoms with Gasteiger partial charge in [-0.2, -0.15) is 4.98 Å². The van der Waals surface area contributed by atoms with Crippen molar-refractivity contribution >= 4 is 0 Å². The molecule has 1 heterocycles. The third-order valence-corrected chi connectivity index (χ3v) is 3.46. The van der Waals surface area contributed by atoms with Gasteiger partial charge in [0.1, 0.15) is 0 Å². The van der Waals surface area contributed by atoms with E-state index in [1.165, 1.54) is 25.7 Å². The lowest BCUT2D eigenvalue weighted by Crippen LogP contribution is -2.13. The van der Waals surface area contributed by atoms with Crippen molar-refractivity contribution in [2.45, 2.75) is 38.5 Å². The second-order valence-electron chi connectivity index (χ2n) is 4.38. The molecule has 2 fully saturated rings. The molecular weight excluding hydrogens is 164 g/mol. The van der Waals surface area contributed by atoms with Crippen LogP contribution >= 0.6 is 0 Å². The van der Waals surface area contributed by atoms with E-state index in [0.29, 0.717) is 5.92 Å². The number of rotatable bonds is 2. The molecule has 3 heteroatoms. The van der Waals surface area contributed by atoms with Gasteiger partial charge in [-0.05, 0) is 25.2 Å². The van der Waals surface area contributed by atoms with Crippen LogP contribution in [0.25, 0.3) is 0 Å². The second-order valence-corrected chi connectivity index (χ2v) is 4.38. The summed E-state index contributed by atoms with van der Waals surface area (Å²) in [6, 6.07) is 0. The predicted molar refractivity (Wildman–Crippen MR) is 47.2 cm³/mol. The summed E-state index contributed by atoms with van der Waals surface area (Å²) in [4.78, 5) is 4.29. The highest BCUT2D eigenvalue weighted by atomic mass is 16.5. The van der Waals surface area contributed by atoms with Gasteiger partial charge in [0.15, 0.2) is 5.82 Å². The fourth-order valence-electron chi connectivity index (χ4n) is 2.35. The molecule has 0 bridgehead atoms. The maximum atomic E-state index is 5.18. The highest BCUT2D eigenvalue weighted by Crippen LogP contribution is 2.56. The summed E-state index contributed by atoms with van der Waals surface area (Å²) in [5.74, 6) is 4.10. The Bertz CT molecular complexity index is 316. The van der Waals surface area contributed by atoms with Crippen LogP contribution in [0.5, 0.6) is 0 Å². The lowest BCUT2D eigenvalue weighted by Gasteiger charge is -2.25. The fourth-order valence-corrected chi connectivity index (χ4v) is 2.35. The zero-order chi connectivity index (χ0) is 8.84. The molecule has 0 radical (unpaired) electrons. The first kappa shape index (κ1) is 7.54. The maximum absolute atomic E-state index is 5.18. The van der Waals surface area contributed by atoms with Crippen molar-refractivity contribution in [2.75, 3.05) is 0 Å². The first-order chi connectivity index (χ1) is 6.34. The third kappa shape index (κ3) is 1.18. The van der Waals surface area contributed by atoms with E-state index in [0.717, 1.165) is 23.6 Å². The van der Waals surface area contributed by atoms with Gasteiger partial charge in [0.2, 0.25) is 5.89 Å². The molecule has 0 spiro atoms. The summed E-state index contributed by atoms with van der Waals surface area (Å²) < 4.78 is 5.18. The van der Waals surface area contributed by atoms with Crippen LogP contribution in [-0.2, 0) is 0 Å². The van der Waals surface area contributed by atoms with Crippen molar-refractivity contribution in [2.24, 2.45) is 11.8 Å². The molecule has 0 saturated heterocycles. The number of nitrogens with zero attached hydrogens (tertiary/aromatic N) is 2. The van der Waals surface area contributed by atoms with Gasteiger partial charge in [0, 0.05) is 5.92 Å². The van der Waals surface area contributed by atoms with Gasteiger partial charge in [-0.3, -0.25) is 0 Å². The molecule has 2 saturated carbocycles. The second kappa shape index (κ2) is 2.56. The zero-order valence-electron chi connectivity index (χ0n) is 7.86. The molecule has 0 aliphatic heterocycles. The summed E-state index contributed by atoms with van der Waals surface area (Å²) in [5.41, 5.74) is 0. The Morgan fingerprint density at radius 2 is 2.23 bits per heavy atom. The first-order valence-electron chi connectivity index (χ1n) is 5.15. The Hall–Kier alpha value is -0.860. The highest BCUT2D eigenvalue weighted by Gasteiger charge is 2.48. The van der Waals surface area contributed by atoms with Crippen LogP contribution in [-0.4, -0.2) is 10.1 Å². The largest absolute Gasteiger partial charge is 0.339 e. The van der Waals surface area contributed by atoms with E-state index in [1.807, 2.05) is 6.92 Å². The van der Waals surface area contributed by atoms with E-state index >= 15 is 0 Å². The molecule has 2 aliphatic carbocycles. The highest BCUT2D eigenvalue weighted by molar-refractivity contribution is 5.10. The molecule has 2 unspecified atom stereocenters. The molecule has 70 valence electrons. The molecule has 2 aliphatic rings. The molecule has 13 heavy (non-hydrogen) atoms. The molecule has 0 amide bonds. The smallest absolute Gasteiger partial charge is 0.230 e. The minimum Gasteiger partial charge on any atom is -0.339 e. The van der Waals surface area contributed by atoms with Crippen LogP contribution in [0.3, 0.4) is 0 Å². The van der Waals surface area contributed by atoms with Crippen molar-refractivity contribution in [3.63, 3.8) is 0 Å². The Labute approximate surface area is 77.5 Å². The number of aryl methyl sites for hydroxylation is 1. The quantitative estimate of drug-likeness (QED) is 0.697. The van der Waals surface area contributed by atoms with Gasteiger partial charge in [0.05, 0.1) is 0 Å². The van der Waals surface area contributed by atoms with Crippen LogP contribution in [0.4, 0.5) is 0 Å². The van der Waals surface area contributed by atoms with Crippen LogP contribution in [0, 0.1) is 18.8 Å². The molecule has 3 rings (SSSR count). The average Bonchev–Trinajstić information content (AvgIpc) is 2.64. The molecule has 3 nitrogen and oxygen atoms in total. The summed E-state index contributed by atoms with van der Waals surface area (Å²) in [6.45, 7) is 1.88. The summed E-state index contributed by atoms with van der Waals surface area (Å²) in [6.07, 6.45) is 5.56. The standard InChI is InChI=1S/C10H14N2O/c1-6-11-10(13-12-6)9-5-8(9)7-3-2-4-7/h7-9H,2-5H2,1H3. The van der Waals surface area contributed by atoms with E-state index in [1.54, 1.807) is 0 Å². The summed E-state index contributed by atoms with van der Waals surface area (Å²) in [5, 5.41) is 3.83. The van der Waals surface area contributed by atoms with Gasteiger partial charge < -0.3 is 4.52 Å². The molecule has 0 N–H and O–H groups in total. The zero-order valence-corrected chi connectivity index (χ0v) is 7.86. The van der Waals surface area contributed by atoms with E-state index in [2.05, 4.69) is 10.1 Å². The topological polar surface area (TPSA) is 38.9 Å². The normalized spacial score (nSPS) is 33.0. The molecule has 1 aromatic rings. The minimum absolute atomic E-state index is 0.603. The van der Waals surface area contributed by atoms with Gasteiger partial charge in [-0.1, -0.05) is 24.4 Å². The van der Waals surface area contributed by atoms with Crippen molar-refractivity contribution in [3.8, 4) is 0 Å². The van der Waals surface area contributed by atoms with Crippen molar-refractivity contribution in [1.29, 1.82) is 0 Å². The lowest BCUT2D eigenvalue weighted by atomic mass is 9.81. The maximum Gasteiger partial charge on any atom is 0.230 e. The number of hydrogen-bond donors (Lipinski definition) is 0. The van der Waals surface area contributed by atoms with Crippen LogP contribution in [0.1, 0.15) is 43.3 Å². The Morgan fingerprint density at radius 1 is 1.38 bits per heavy atom. The minimum atomic E-state index is 0.603. The van der Waals surface area contributed by atoms with Gasteiger partial charge in [-0.15, -0.1) is 0 Å². The van der Waals surface area contributed by atoms with Crippen molar-refractivity contribution in [3.05, 3.63) is 11.7 Å². The van der Waals surface area contributed by atoms with Crippen LogP contribution in [0.15, 0.2) is 4.52 Å². The third-order valence-electron chi connectivity index (χ3n) is 3.46. The van der Waals surface area contributed by atoms with E-state index < -0.39 is 0 Å². The van der Waals surface area contributed by atoms with E-state index in [-0.39, 0.29) is 0 Å². The first-order valence-corrected chi connectivity index (χ1v) is 5.15. The molecule has 2 atom stereocenters. The van der Waals surface area contributed by atoms with Crippen LogP contribution in [0.2, 0.25) is 0 Å². The summed E-state index contributed by atoms with van der Waals surface area (Å²) >= 11 is 0. The van der Waals surface area contributed by atoms with Gasteiger partial charge in [0.25, 0.3) is 0 Å². The Morgan fingerprint density at radius 3 is 2.77 bits per heavy atom. The van der Waals surface area contributed by atoms with E-state index in [9.17, 15) is 0 Å². The average molecular weight is 178 g/mol. The summed E-state index contributed by atoms with van der Waals surface area (Å²) in [7, 11) is 0. The van der Waals surface area contributed by atoms with E-state index in [4.69, 9.17) is 4.52 Å². The van der Waals surface area contributed by atoms with Crippen molar-refractivity contribution in [1.82, 2.24) is 10.1 Å². The van der Waals surface area contributed by atoms with Crippen molar-refractivity contribution < 1.29 is 4.52 Å². The monoisotopic (exact) mass is 178 g/mol. The van der Waals surface area contributed by atoms with Gasteiger partial charge in [-0.25, -0.2) is 0 Å². The van der Waals surface area contributed by atoms with Gasteiger partial charge >= 0.3 is 0 Å². The lowest BCUT2D eigenvalue weighted by molar-refractivity contribution is 0.265. The Kier molecular flexibility index (Phi) is 1.49. The number of hydrogen-bond acceptors (Lipinski definition) is 3. The van der Waals surface area contributed by atoms with Crippen LogP contribution < -0.4 is 0 Å². The molecule has 1 aromatic heterocycles.